The third-order valence-corrected chi connectivity index (χ3v) is 3.02. The predicted molar refractivity (Wildman–Crippen MR) is 79.3 cm³/mol. The molecule has 0 saturated carbocycles. The number of nitriles is 1. The number of carbonyl (C=O) groups is 1. The molecule has 0 atom stereocenters. The molecule has 0 aliphatic rings. The highest BCUT2D eigenvalue weighted by Gasteiger charge is 2.13. The van der Waals surface area contributed by atoms with Gasteiger partial charge in [-0.1, -0.05) is 0 Å². The molecule has 1 N–H and O–H groups in total. The molecule has 106 valence electrons. The van der Waals surface area contributed by atoms with Gasteiger partial charge >= 0.3 is 0 Å². The normalized spacial score (nSPS) is 10.8. The van der Waals surface area contributed by atoms with Crippen LogP contribution < -0.4 is 4.74 Å². The van der Waals surface area contributed by atoms with Gasteiger partial charge in [0, 0.05) is 14.1 Å². The number of rotatable bonds is 4. The van der Waals surface area contributed by atoms with Crippen molar-refractivity contribution in [1.82, 2.24) is 4.90 Å². The number of hydrogen-bond donors (Lipinski definition) is 1. The van der Waals surface area contributed by atoms with Crippen LogP contribution in [0.25, 0.3) is 6.08 Å². The van der Waals surface area contributed by atoms with E-state index < -0.39 is 0 Å². The van der Waals surface area contributed by atoms with Gasteiger partial charge in [0.2, 0.25) is 0 Å². The Labute approximate surface area is 126 Å². The molecule has 1 aromatic rings. The molecule has 0 fully saturated rings. The van der Waals surface area contributed by atoms with E-state index >= 15 is 0 Å². The number of hydrogen-bond acceptors (Lipinski definition) is 4. The van der Waals surface area contributed by atoms with Gasteiger partial charge in [0.15, 0.2) is 11.5 Å². The number of halogens is 1. The molecule has 0 saturated heterocycles. The number of ether oxygens (including phenoxy) is 1. The van der Waals surface area contributed by atoms with E-state index in [9.17, 15) is 9.90 Å². The van der Waals surface area contributed by atoms with Gasteiger partial charge in [-0.25, -0.2) is 0 Å². The summed E-state index contributed by atoms with van der Waals surface area (Å²) in [5, 5.41) is 18.9. The largest absolute Gasteiger partial charge is 0.503 e. The maximum Gasteiger partial charge on any atom is 0.264 e. The van der Waals surface area contributed by atoms with E-state index in [0.29, 0.717) is 22.4 Å². The van der Waals surface area contributed by atoms with Gasteiger partial charge in [-0.15, -0.1) is 0 Å². The minimum Gasteiger partial charge on any atom is -0.503 e. The summed E-state index contributed by atoms with van der Waals surface area (Å²) < 4.78 is 5.73. The Bertz CT molecular complexity index is 589. The molecule has 1 rings (SSSR count). The molecular formula is C14H15BrN2O3. The molecule has 0 radical (unpaired) electrons. The first kappa shape index (κ1) is 16.1. The lowest BCUT2D eigenvalue weighted by atomic mass is 10.1. The van der Waals surface area contributed by atoms with E-state index in [0.717, 1.165) is 0 Å². The van der Waals surface area contributed by atoms with Crippen LogP contribution in [0.3, 0.4) is 0 Å². The van der Waals surface area contributed by atoms with E-state index in [1.807, 2.05) is 6.07 Å². The smallest absolute Gasteiger partial charge is 0.264 e. The molecule has 0 spiro atoms. The molecule has 1 amide bonds. The molecule has 0 bridgehead atoms. The molecular weight excluding hydrogens is 324 g/mol. The zero-order valence-electron chi connectivity index (χ0n) is 11.5. The van der Waals surface area contributed by atoms with E-state index in [4.69, 9.17) is 10.00 Å². The minimum absolute atomic E-state index is 0.00929. The summed E-state index contributed by atoms with van der Waals surface area (Å²) in [6.45, 7) is 2.20. The summed E-state index contributed by atoms with van der Waals surface area (Å²) in [6, 6.07) is 5.05. The number of nitrogens with zero attached hydrogens (tertiary/aromatic N) is 2. The molecule has 0 unspecified atom stereocenters. The standard InChI is InChI=1S/C14H15BrN2O3/c1-4-20-12-7-9(6-11(15)13(12)18)5-10(8-16)14(19)17(2)3/h5-7,18H,4H2,1-3H3/b10-5-. The number of carbonyl (C=O) groups excluding carboxylic acids is 1. The van der Waals surface area contributed by atoms with Crippen molar-refractivity contribution in [3.05, 3.63) is 27.7 Å². The highest BCUT2D eigenvalue weighted by molar-refractivity contribution is 9.10. The van der Waals surface area contributed by atoms with Crippen molar-refractivity contribution in [2.24, 2.45) is 0 Å². The number of phenols is 1. The summed E-state index contributed by atoms with van der Waals surface area (Å²) in [4.78, 5) is 13.1. The van der Waals surface area contributed by atoms with Crippen molar-refractivity contribution < 1.29 is 14.6 Å². The van der Waals surface area contributed by atoms with Crippen molar-refractivity contribution in [3.63, 3.8) is 0 Å². The van der Waals surface area contributed by atoms with Crippen molar-refractivity contribution in [2.45, 2.75) is 6.92 Å². The van der Waals surface area contributed by atoms with E-state index in [1.165, 1.54) is 11.0 Å². The van der Waals surface area contributed by atoms with Gasteiger partial charge in [-0.3, -0.25) is 4.79 Å². The Balaban J connectivity index is 3.26. The first-order valence-electron chi connectivity index (χ1n) is 5.89. The second-order valence-electron chi connectivity index (χ2n) is 4.15. The van der Waals surface area contributed by atoms with Gasteiger partial charge < -0.3 is 14.7 Å². The number of amides is 1. The highest BCUT2D eigenvalue weighted by Crippen LogP contribution is 2.36. The van der Waals surface area contributed by atoms with Crippen LogP contribution in [-0.4, -0.2) is 36.6 Å². The fourth-order valence-electron chi connectivity index (χ4n) is 1.49. The van der Waals surface area contributed by atoms with E-state index in [-0.39, 0.29) is 17.2 Å². The average molecular weight is 339 g/mol. The van der Waals surface area contributed by atoms with Gasteiger partial charge in [0.05, 0.1) is 11.1 Å². The fourth-order valence-corrected chi connectivity index (χ4v) is 1.95. The topological polar surface area (TPSA) is 73.6 Å². The van der Waals surface area contributed by atoms with Crippen molar-refractivity contribution in [3.8, 4) is 17.6 Å². The van der Waals surface area contributed by atoms with Crippen LogP contribution in [-0.2, 0) is 4.79 Å². The molecule has 20 heavy (non-hydrogen) atoms. The lowest BCUT2D eigenvalue weighted by Crippen LogP contribution is -2.22. The minimum atomic E-state index is -0.380. The quantitative estimate of drug-likeness (QED) is 0.676. The average Bonchev–Trinajstić information content (AvgIpc) is 2.40. The van der Waals surface area contributed by atoms with Crippen molar-refractivity contribution >= 4 is 27.9 Å². The van der Waals surface area contributed by atoms with Crippen LogP contribution in [0.15, 0.2) is 22.2 Å². The second kappa shape index (κ2) is 6.96. The summed E-state index contributed by atoms with van der Waals surface area (Å²) in [5.41, 5.74) is 0.597. The SMILES string of the molecule is CCOc1cc(/C=C(/C#N)C(=O)N(C)C)cc(Br)c1O. The van der Waals surface area contributed by atoms with Gasteiger partial charge in [0.25, 0.3) is 5.91 Å². The zero-order valence-corrected chi connectivity index (χ0v) is 13.1. The summed E-state index contributed by atoms with van der Waals surface area (Å²) in [7, 11) is 3.15. The molecule has 5 nitrogen and oxygen atoms in total. The Morgan fingerprint density at radius 1 is 1.55 bits per heavy atom. The summed E-state index contributed by atoms with van der Waals surface area (Å²) in [6.07, 6.45) is 1.45. The third-order valence-electron chi connectivity index (χ3n) is 2.42. The Hall–Kier alpha value is -2.00. The molecule has 0 aliphatic carbocycles. The van der Waals surface area contributed by atoms with E-state index in [1.54, 1.807) is 33.2 Å². The number of phenolic OH excluding ortho intramolecular Hbond substituents is 1. The number of likely N-dealkylation sites (N-methyl/N-ethyl adjacent to an activating group) is 1. The first-order valence-corrected chi connectivity index (χ1v) is 6.68. The maximum atomic E-state index is 11.8. The summed E-state index contributed by atoms with van der Waals surface area (Å²) in [5.74, 6) is -0.0983. The van der Waals surface area contributed by atoms with Crippen LogP contribution in [0.1, 0.15) is 12.5 Å². The molecule has 0 aromatic heterocycles. The van der Waals surface area contributed by atoms with Gasteiger partial charge in [-0.05, 0) is 46.6 Å². The lowest BCUT2D eigenvalue weighted by Gasteiger charge is -2.10. The van der Waals surface area contributed by atoms with Crippen molar-refractivity contribution in [2.75, 3.05) is 20.7 Å². The van der Waals surface area contributed by atoms with Crippen LogP contribution >= 0.6 is 15.9 Å². The lowest BCUT2D eigenvalue weighted by molar-refractivity contribution is -0.124. The maximum absolute atomic E-state index is 11.8. The zero-order chi connectivity index (χ0) is 15.3. The Morgan fingerprint density at radius 3 is 2.70 bits per heavy atom. The Kier molecular flexibility index (Phi) is 5.59. The van der Waals surface area contributed by atoms with Crippen molar-refractivity contribution in [1.29, 1.82) is 5.26 Å². The second-order valence-corrected chi connectivity index (χ2v) is 5.01. The van der Waals surface area contributed by atoms with Crippen LogP contribution in [0.4, 0.5) is 0 Å². The molecule has 0 heterocycles. The van der Waals surface area contributed by atoms with Crippen LogP contribution in [0.5, 0.6) is 11.5 Å². The summed E-state index contributed by atoms with van der Waals surface area (Å²) >= 11 is 3.21. The monoisotopic (exact) mass is 338 g/mol. The predicted octanol–water partition coefficient (Wildman–Crippen LogP) is 2.55. The van der Waals surface area contributed by atoms with Crippen LogP contribution in [0, 0.1) is 11.3 Å². The molecule has 1 aromatic carbocycles. The Morgan fingerprint density at radius 2 is 2.20 bits per heavy atom. The first-order chi connectivity index (χ1) is 9.40. The number of benzene rings is 1. The molecule has 0 aliphatic heterocycles. The third kappa shape index (κ3) is 3.75. The van der Waals surface area contributed by atoms with Gasteiger partial charge in [0.1, 0.15) is 11.6 Å². The molecule has 6 heteroatoms. The van der Waals surface area contributed by atoms with Crippen LogP contribution in [0.2, 0.25) is 0 Å². The van der Waals surface area contributed by atoms with Gasteiger partial charge in [-0.2, -0.15) is 5.26 Å². The fraction of sp³-hybridized carbons (Fsp3) is 0.286. The number of aromatic hydroxyl groups is 1. The van der Waals surface area contributed by atoms with E-state index in [2.05, 4.69) is 15.9 Å². The highest BCUT2D eigenvalue weighted by atomic mass is 79.9.